The van der Waals surface area contributed by atoms with Crippen molar-refractivity contribution in [1.29, 1.82) is 0 Å². The van der Waals surface area contributed by atoms with Crippen molar-refractivity contribution in [1.82, 2.24) is 10.9 Å². The molecule has 1 heterocycles. The number of aryl methyl sites for hydroxylation is 2. The molecule has 0 spiro atoms. The molecule has 3 rings (SSSR count). The maximum atomic E-state index is 12.1. The van der Waals surface area contributed by atoms with E-state index in [2.05, 4.69) is 10.9 Å². The molecule has 4 nitrogen and oxygen atoms in total. The van der Waals surface area contributed by atoms with E-state index in [9.17, 15) is 9.59 Å². The molecule has 1 saturated carbocycles. The van der Waals surface area contributed by atoms with Gasteiger partial charge in [0.15, 0.2) is 0 Å². The van der Waals surface area contributed by atoms with Gasteiger partial charge < -0.3 is 0 Å². The van der Waals surface area contributed by atoms with Gasteiger partial charge in [0.2, 0.25) is 5.91 Å². The van der Waals surface area contributed by atoms with Gasteiger partial charge in [0.1, 0.15) is 0 Å². The summed E-state index contributed by atoms with van der Waals surface area (Å²) in [5, 5.41) is 0. The smallest absolute Gasteiger partial charge is 0.273 e. The fraction of sp³-hybridized carbons (Fsp3) is 0.600. The number of carbonyl (C=O) groups excluding carboxylic acids is 2. The maximum Gasteiger partial charge on any atom is 0.279 e. The van der Waals surface area contributed by atoms with E-state index in [0.717, 1.165) is 25.7 Å². The maximum absolute atomic E-state index is 12.1. The van der Waals surface area contributed by atoms with Crippen molar-refractivity contribution in [2.45, 2.75) is 51.4 Å². The first kappa shape index (κ1) is 13.6. The highest BCUT2D eigenvalue weighted by molar-refractivity contribution is 7.14. The van der Waals surface area contributed by atoms with Crippen molar-refractivity contribution in [3.8, 4) is 0 Å². The lowest BCUT2D eigenvalue weighted by Gasteiger charge is -2.07. The Labute approximate surface area is 122 Å². The molecule has 0 unspecified atom stereocenters. The molecule has 1 aromatic rings. The Morgan fingerprint density at radius 3 is 2.55 bits per heavy atom. The molecule has 0 radical (unpaired) electrons. The van der Waals surface area contributed by atoms with E-state index in [1.54, 1.807) is 11.3 Å². The predicted octanol–water partition coefficient (Wildman–Crippen LogP) is 2.58. The van der Waals surface area contributed by atoms with Crippen molar-refractivity contribution < 1.29 is 9.59 Å². The number of nitrogens with one attached hydrogen (secondary N) is 2. The molecular weight excluding hydrogens is 272 g/mol. The van der Waals surface area contributed by atoms with Gasteiger partial charge in [0.05, 0.1) is 4.88 Å². The zero-order valence-corrected chi connectivity index (χ0v) is 12.4. The van der Waals surface area contributed by atoms with Crippen LogP contribution >= 0.6 is 11.3 Å². The molecule has 0 aromatic carbocycles. The van der Waals surface area contributed by atoms with E-state index in [1.165, 1.54) is 36.1 Å². The molecule has 2 N–H and O–H groups in total. The lowest BCUT2D eigenvalue weighted by molar-refractivity contribution is -0.123. The first-order valence-electron chi connectivity index (χ1n) is 7.46. The number of fused-ring (bicyclic) bond motifs is 1. The fourth-order valence-corrected chi connectivity index (χ4v) is 3.73. The molecule has 0 bridgehead atoms. The molecule has 2 aliphatic carbocycles. The monoisotopic (exact) mass is 292 g/mol. The topological polar surface area (TPSA) is 58.2 Å². The van der Waals surface area contributed by atoms with Crippen LogP contribution in [0.3, 0.4) is 0 Å². The second kappa shape index (κ2) is 5.95. The first-order valence-corrected chi connectivity index (χ1v) is 8.27. The Bertz CT molecular complexity index is 494. The van der Waals surface area contributed by atoms with Crippen LogP contribution in [0.1, 0.15) is 58.6 Å². The van der Waals surface area contributed by atoms with Crippen molar-refractivity contribution in [2.24, 2.45) is 5.92 Å². The van der Waals surface area contributed by atoms with Gasteiger partial charge in [-0.2, -0.15) is 0 Å². The summed E-state index contributed by atoms with van der Waals surface area (Å²) in [7, 11) is 0. The third-order valence-electron chi connectivity index (χ3n) is 3.97. The largest absolute Gasteiger partial charge is 0.279 e. The number of carbonyl (C=O) groups is 2. The van der Waals surface area contributed by atoms with Crippen LogP contribution in [0.4, 0.5) is 0 Å². The Morgan fingerprint density at radius 1 is 1.05 bits per heavy atom. The fourth-order valence-electron chi connectivity index (χ4n) is 2.58. The van der Waals surface area contributed by atoms with Crippen molar-refractivity contribution in [3.05, 3.63) is 21.4 Å². The van der Waals surface area contributed by atoms with Crippen LogP contribution in [-0.2, 0) is 17.6 Å². The zero-order valence-electron chi connectivity index (χ0n) is 11.5. The summed E-state index contributed by atoms with van der Waals surface area (Å²) in [5.74, 6) is -0.136. The molecule has 2 amide bonds. The molecule has 0 saturated heterocycles. The summed E-state index contributed by atoms with van der Waals surface area (Å²) >= 11 is 1.58. The summed E-state index contributed by atoms with van der Waals surface area (Å²) in [6.07, 6.45) is 9.04. The molecule has 108 valence electrons. The highest BCUT2D eigenvalue weighted by Crippen LogP contribution is 2.29. The van der Waals surface area contributed by atoms with Crippen LogP contribution in [-0.4, -0.2) is 11.8 Å². The number of amides is 2. The van der Waals surface area contributed by atoms with Gasteiger partial charge in [-0.05, 0) is 50.2 Å². The lowest BCUT2D eigenvalue weighted by atomic mass is 10.00. The van der Waals surface area contributed by atoms with Gasteiger partial charge in [0.25, 0.3) is 5.91 Å². The minimum atomic E-state index is -0.184. The van der Waals surface area contributed by atoms with Gasteiger partial charge in [-0.15, -0.1) is 11.3 Å². The van der Waals surface area contributed by atoms with E-state index in [0.29, 0.717) is 4.88 Å². The van der Waals surface area contributed by atoms with Gasteiger partial charge in [0, 0.05) is 10.8 Å². The number of rotatable bonds is 2. The number of hydrazine groups is 1. The minimum absolute atomic E-state index is 0.0618. The molecule has 0 aliphatic heterocycles. The van der Waals surface area contributed by atoms with E-state index < -0.39 is 0 Å². The second-order valence-electron chi connectivity index (χ2n) is 5.69. The summed E-state index contributed by atoms with van der Waals surface area (Å²) in [5.41, 5.74) is 6.38. The third-order valence-corrected chi connectivity index (χ3v) is 5.20. The Hall–Kier alpha value is -1.36. The standard InChI is InChI=1S/C15H20N2O2S/c18-14(10-7-8-10)16-17-15(19)13-9-11-5-3-1-2-4-6-12(11)20-13/h9-10H,1-8H2,(H,16,18)(H,17,19). The average molecular weight is 292 g/mol. The van der Waals surface area contributed by atoms with Crippen LogP contribution in [0, 0.1) is 5.92 Å². The van der Waals surface area contributed by atoms with Crippen LogP contribution in [0.5, 0.6) is 0 Å². The zero-order chi connectivity index (χ0) is 13.9. The highest BCUT2D eigenvalue weighted by atomic mass is 32.1. The predicted molar refractivity (Wildman–Crippen MR) is 78.5 cm³/mol. The minimum Gasteiger partial charge on any atom is -0.273 e. The molecular formula is C15H20N2O2S. The number of hydrogen-bond acceptors (Lipinski definition) is 3. The second-order valence-corrected chi connectivity index (χ2v) is 6.83. The van der Waals surface area contributed by atoms with Gasteiger partial charge in [-0.1, -0.05) is 12.8 Å². The molecule has 2 aliphatic rings. The van der Waals surface area contributed by atoms with Gasteiger partial charge in [-0.25, -0.2) is 0 Å². The van der Waals surface area contributed by atoms with E-state index in [-0.39, 0.29) is 17.7 Å². The Kier molecular flexibility index (Phi) is 4.05. The molecule has 1 aromatic heterocycles. The molecule has 5 heteroatoms. The Balaban J connectivity index is 1.62. The lowest BCUT2D eigenvalue weighted by Crippen LogP contribution is -2.42. The summed E-state index contributed by atoms with van der Waals surface area (Å²) in [6.45, 7) is 0. The van der Waals surface area contributed by atoms with Gasteiger partial charge >= 0.3 is 0 Å². The SMILES string of the molecule is O=C(NNC(=O)C1CC1)c1cc2c(s1)CCCCCC2. The summed E-state index contributed by atoms with van der Waals surface area (Å²) < 4.78 is 0. The van der Waals surface area contributed by atoms with Crippen molar-refractivity contribution in [2.75, 3.05) is 0 Å². The summed E-state index contributed by atoms with van der Waals surface area (Å²) in [6, 6.07) is 2.00. The third kappa shape index (κ3) is 3.20. The van der Waals surface area contributed by atoms with E-state index in [4.69, 9.17) is 0 Å². The van der Waals surface area contributed by atoms with E-state index in [1.807, 2.05) is 6.07 Å². The molecule has 20 heavy (non-hydrogen) atoms. The number of thiophene rings is 1. The van der Waals surface area contributed by atoms with Gasteiger partial charge in [-0.3, -0.25) is 20.4 Å². The highest BCUT2D eigenvalue weighted by Gasteiger charge is 2.30. The van der Waals surface area contributed by atoms with E-state index >= 15 is 0 Å². The average Bonchev–Trinajstić information content (AvgIpc) is 3.19. The van der Waals surface area contributed by atoms with Crippen LogP contribution < -0.4 is 10.9 Å². The molecule has 0 atom stereocenters. The summed E-state index contributed by atoms with van der Waals surface area (Å²) in [4.78, 5) is 25.6. The Morgan fingerprint density at radius 2 is 1.80 bits per heavy atom. The quantitative estimate of drug-likeness (QED) is 0.823. The normalized spacial score (nSPS) is 18.6. The van der Waals surface area contributed by atoms with Crippen LogP contribution in [0.2, 0.25) is 0 Å². The van der Waals surface area contributed by atoms with Crippen molar-refractivity contribution in [3.63, 3.8) is 0 Å². The first-order chi connectivity index (χ1) is 9.74. The number of hydrogen-bond donors (Lipinski definition) is 2. The molecule has 1 fully saturated rings. The van der Waals surface area contributed by atoms with Crippen LogP contribution in [0.15, 0.2) is 6.07 Å². The van der Waals surface area contributed by atoms with Crippen LogP contribution in [0.25, 0.3) is 0 Å². The van der Waals surface area contributed by atoms with Crippen molar-refractivity contribution >= 4 is 23.2 Å².